The smallest absolute Gasteiger partial charge is 0.673 e. The standard InChI is InChI=1S/C48H52P2.C8H9N.Pd/c1-29-25-39(11)43(41(27-29)49(45-31(3)17-13-18-32(45)4)46-33(5)19-14-20-34(46)6)44-40(12)26-30(2)28-42(44)50(47-35(7)21-15-22-36(47)8)48-37(9)23-16-24-38(48)10;1-7(9)8-5-3-2-4-6-8;/h13-28H,1-12H3;2-5,7,9H,1H3;/q;-2;+2/p+2. The topological polar surface area (TPSA) is 23.8 Å². The van der Waals surface area contributed by atoms with Crippen molar-refractivity contribution in [1.29, 1.82) is 0 Å². The van der Waals surface area contributed by atoms with E-state index in [0.29, 0.717) is 0 Å². The molecule has 7 aromatic carbocycles. The molecule has 7 aromatic rings. The molecule has 1 nitrogen and oxygen atoms in total. The predicted molar refractivity (Wildman–Crippen MR) is 267 cm³/mol. The van der Waals surface area contributed by atoms with Gasteiger partial charge in [-0.15, -0.1) is 6.04 Å². The number of hydrogen-bond acceptors (Lipinski definition) is 0. The normalized spacial score (nSPS) is 11.6. The summed E-state index contributed by atoms with van der Waals surface area (Å²) in [6.45, 7) is 29.8. The maximum atomic E-state index is 7.29. The summed E-state index contributed by atoms with van der Waals surface area (Å²) < 4.78 is 0. The van der Waals surface area contributed by atoms with Crippen molar-refractivity contribution >= 4 is 47.7 Å². The van der Waals surface area contributed by atoms with Gasteiger partial charge in [-0.05, 0) is 162 Å². The first-order chi connectivity index (χ1) is 28.1. The minimum atomic E-state index is -1.44. The van der Waals surface area contributed by atoms with Crippen LogP contribution in [0.5, 0.6) is 0 Å². The number of aryl methyl sites for hydroxylation is 12. The van der Waals surface area contributed by atoms with E-state index in [1.165, 1.54) is 110 Å². The molecule has 310 valence electrons. The van der Waals surface area contributed by atoms with E-state index in [9.17, 15) is 0 Å². The van der Waals surface area contributed by atoms with Gasteiger partial charge >= 0.3 is 20.4 Å². The Hall–Kier alpha value is -3.98. The van der Waals surface area contributed by atoms with Crippen LogP contribution in [0.4, 0.5) is 0 Å². The molecule has 7 rings (SSSR count). The van der Waals surface area contributed by atoms with Crippen LogP contribution in [0.1, 0.15) is 85.3 Å². The van der Waals surface area contributed by atoms with Crippen molar-refractivity contribution in [3.63, 3.8) is 0 Å². The summed E-state index contributed by atoms with van der Waals surface area (Å²) >= 11 is 0. The molecule has 0 amide bonds. The van der Waals surface area contributed by atoms with Gasteiger partial charge in [0.25, 0.3) is 0 Å². The molecule has 0 fully saturated rings. The van der Waals surface area contributed by atoms with E-state index in [1.807, 2.05) is 31.2 Å². The molecule has 0 heterocycles. The molecule has 0 spiro atoms. The van der Waals surface area contributed by atoms with Crippen LogP contribution < -0.4 is 31.8 Å². The van der Waals surface area contributed by atoms with Crippen molar-refractivity contribution in [2.24, 2.45) is 0 Å². The number of benzene rings is 7. The van der Waals surface area contributed by atoms with E-state index in [-0.39, 0.29) is 26.5 Å². The summed E-state index contributed by atoms with van der Waals surface area (Å²) in [7, 11) is -2.87. The SMILES string of the molecule is CC([NH-])c1[c-]cccc1.Cc1cc(C)c(-c2c(C)cc(C)cc2[PH+](c2c(C)cccc2C)c2c(C)cccc2C)c([PH+](c2c(C)cccc2C)c2c(C)cccc2C)c1.[Pd+2]. The van der Waals surface area contributed by atoms with Crippen LogP contribution in [0.3, 0.4) is 0 Å². The van der Waals surface area contributed by atoms with Gasteiger partial charge in [0, 0.05) is 11.1 Å². The zero-order valence-corrected chi connectivity index (χ0v) is 41.5. The molecular formula is C56H63NP2Pd+2. The molecule has 1 unspecified atom stereocenters. The third-order valence-electron chi connectivity index (χ3n) is 11.9. The van der Waals surface area contributed by atoms with Crippen molar-refractivity contribution in [2.45, 2.75) is 96.1 Å². The molecule has 0 saturated heterocycles. The Labute approximate surface area is 378 Å². The first-order valence-electron chi connectivity index (χ1n) is 21.0. The number of rotatable bonds is 8. The Morgan fingerprint density at radius 1 is 0.400 bits per heavy atom. The molecule has 0 aliphatic rings. The number of nitrogens with one attached hydrogen (secondary N) is 1. The van der Waals surface area contributed by atoms with Crippen molar-refractivity contribution in [1.82, 2.24) is 0 Å². The van der Waals surface area contributed by atoms with Gasteiger partial charge in [0.05, 0.1) is 0 Å². The fourth-order valence-electron chi connectivity index (χ4n) is 9.29. The minimum Gasteiger partial charge on any atom is -0.673 e. The largest absolute Gasteiger partial charge is 2.00 e. The van der Waals surface area contributed by atoms with Gasteiger partial charge in [-0.3, -0.25) is 0 Å². The maximum Gasteiger partial charge on any atom is 2.00 e. The fraction of sp³-hybridized carbons (Fsp3) is 0.250. The Bertz CT molecular complexity index is 2280. The van der Waals surface area contributed by atoms with Gasteiger partial charge in [0.2, 0.25) is 0 Å². The molecule has 0 saturated carbocycles. The molecule has 1 atom stereocenters. The molecule has 0 bridgehead atoms. The second-order valence-electron chi connectivity index (χ2n) is 16.9. The van der Waals surface area contributed by atoms with Crippen LogP contribution >= 0.6 is 15.8 Å². The first kappa shape index (κ1) is 47.1. The van der Waals surface area contributed by atoms with E-state index in [4.69, 9.17) is 5.73 Å². The monoisotopic (exact) mass is 917 g/mol. The molecule has 0 aliphatic carbocycles. The summed E-state index contributed by atoms with van der Waals surface area (Å²) in [5.41, 5.74) is 27.7. The van der Waals surface area contributed by atoms with Crippen molar-refractivity contribution in [2.75, 3.05) is 0 Å². The van der Waals surface area contributed by atoms with Crippen molar-refractivity contribution in [3.05, 3.63) is 205 Å². The Morgan fingerprint density at radius 2 is 0.700 bits per heavy atom. The van der Waals surface area contributed by atoms with Crippen LogP contribution in [0.25, 0.3) is 16.9 Å². The molecule has 4 heteroatoms. The van der Waals surface area contributed by atoms with Crippen LogP contribution in [-0.4, -0.2) is 0 Å². The quantitative estimate of drug-likeness (QED) is 0.0824. The first-order valence-corrected chi connectivity index (χ1v) is 24.0. The zero-order chi connectivity index (χ0) is 42.7. The van der Waals surface area contributed by atoms with E-state index in [1.54, 1.807) is 0 Å². The molecule has 0 aliphatic heterocycles. The van der Waals surface area contributed by atoms with E-state index >= 15 is 0 Å². The van der Waals surface area contributed by atoms with Crippen LogP contribution in [0.2, 0.25) is 0 Å². The molecule has 60 heavy (non-hydrogen) atoms. The van der Waals surface area contributed by atoms with Crippen molar-refractivity contribution in [3.8, 4) is 11.1 Å². The van der Waals surface area contributed by atoms with E-state index < -0.39 is 15.8 Å². The zero-order valence-electron chi connectivity index (χ0n) is 37.9. The molecular weight excluding hydrogens is 855 g/mol. The Morgan fingerprint density at radius 3 is 0.933 bits per heavy atom. The average Bonchev–Trinajstić information content (AvgIpc) is 3.17. The average molecular weight is 918 g/mol. The Kier molecular flexibility index (Phi) is 15.9. The predicted octanol–water partition coefficient (Wildman–Crippen LogP) is 12.6. The maximum absolute atomic E-state index is 7.29. The summed E-state index contributed by atoms with van der Waals surface area (Å²) in [4.78, 5) is 0. The van der Waals surface area contributed by atoms with Gasteiger partial charge in [-0.25, -0.2) is 0 Å². The minimum absolute atomic E-state index is 0. The summed E-state index contributed by atoms with van der Waals surface area (Å²) in [6.07, 6.45) is 0. The van der Waals surface area contributed by atoms with Gasteiger partial charge < -0.3 is 5.73 Å². The summed E-state index contributed by atoms with van der Waals surface area (Å²) in [6, 6.07) is 47.9. The van der Waals surface area contributed by atoms with Crippen LogP contribution in [-0.2, 0) is 20.4 Å². The van der Waals surface area contributed by atoms with E-state index in [2.05, 4.69) is 186 Å². The van der Waals surface area contributed by atoms with Gasteiger partial charge in [-0.2, -0.15) is 35.9 Å². The fourth-order valence-corrected chi connectivity index (χ4v) is 16.6. The third kappa shape index (κ3) is 9.87. The number of hydrogen-bond donors (Lipinski definition) is 0. The molecule has 0 radical (unpaired) electrons. The molecule has 1 N–H and O–H groups in total. The van der Waals surface area contributed by atoms with Gasteiger partial charge in [-0.1, -0.05) is 91.9 Å². The van der Waals surface area contributed by atoms with Crippen LogP contribution in [0, 0.1) is 89.2 Å². The third-order valence-corrected chi connectivity index (χ3v) is 18.9. The van der Waals surface area contributed by atoms with Gasteiger partial charge in [0.1, 0.15) is 47.7 Å². The summed E-state index contributed by atoms with van der Waals surface area (Å²) in [5, 5.41) is 9.15. The second kappa shape index (κ2) is 20.3. The Balaban J connectivity index is 0.000000605. The molecule has 0 aromatic heterocycles. The van der Waals surface area contributed by atoms with E-state index in [0.717, 1.165) is 5.56 Å². The van der Waals surface area contributed by atoms with Crippen molar-refractivity contribution < 1.29 is 20.4 Å². The second-order valence-corrected chi connectivity index (χ2v) is 21.4. The summed E-state index contributed by atoms with van der Waals surface area (Å²) in [5.74, 6) is 0. The van der Waals surface area contributed by atoms with Gasteiger partial charge in [0.15, 0.2) is 0 Å². The van der Waals surface area contributed by atoms with Crippen LogP contribution in [0.15, 0.2) is 121 Å².